The van der Waals surface area contributed by atoms with Crippen LogP contribution in [0.4, 0.5) is 16.9 Å². The first kappa shape index (κ1) is 13.7. The highest BCUT2D eigenvalue weighted by Gasteiger charge is 2.22. The Morgan fingerprint density at radius 3 is 2.41 bits per heavy atom. The number of piperazine rings is 1. The molecular formula is C14H19N7S. The van der Waals surface area contributed by atoms with Crippen LogP contribution in [0.3, 0.4) is 0 Å². The molecule has 7 nitrogen and oxygen atoms in total. The Hall–Kier alpha value is -1.96. The molecule has 0 aromatic carbocycles. The number of rotatable bonds is 3. The molecule has 2 aliphatic rings. The van der Waals surface area contributed by atoms with Crippen molar-refractivity contribution in [3.05, 3.63) is 17.8 Å². The number of anilines is 3. The molecule has 4 heterocycles. The van der Waals surface area contributed by atoms with Crippen LogP contribution in [0.25, 0.3) is 0 Å². The molecule has 0 spiro atoms. The first-order valence-electron chi connectivity index (χ1n) is 7.74. The summed E-state index contributed by atoms with van der Waals surface area (Å²) in [4.78, 5) is 16.1. The predicted molar refractivity (Wildman–Crippen MR) is 87.8 cm³/mol. The van der Waals surface area contributed by atoms with E-state index in [1.165, 1.54) is 12.8 Å². The monoisotopic (exact) mass is 317 g/mol. The van der Waals surface area contributed by atoms with E-state index in [-0.39, 0.29) is 0 Å². The summed E-state index contributed by atoms with van der Waals surface area (Å²) in [6.07, 6.45) is 4.41. The zero-order chi connectivity index (χ0) is 14.8. The average molecular weight is 317 g/mol. The topological polar surface area (TPSA) is 61.3 Å². The van der Waals surface area contributed by atoms with Crippen LogP contribution in [0.15, 0.2) is 17.8 Å². The highest BCUT2D eigenvalue weighted by molar-refractivity contribution is 7.13. The summed E-state index contributed by atoms with van der Waals surface area (Å²) in [5.41, 5.74) is 1.78. The lowest BCUT2D eigenvalue weighted by molar-refractivity contribution is 0.636. The van der Waals surface area contributed by atoms with Gasteiger partial charge in [0.25, 0.3) is 0 Å². The van der Waals surface area contributed by atoms with Gasteiger partial charge in [-0.3, -0.25) is 0 Å². The van der Waals surface area contributed by atoms with Crippen molar-refractivity contribution in [3.8, 4) is 0 Å². The standard InChI is InChI=1S/C14H19N7S/c1-2-6-19(5-1)12-3-4-15-13(17-12)20-7-9-21(10-8-20)14-18-16-11-22-14/h3-4,11H,1-2,5-10H2. The van der Waals surface area contributed by atoms with Gasteiger partial charge < -0.3 is 14.7 Å². The second-order valence-electron chi connectivity index (χ2n) is 5.60. The molecule has 2 aromatic rings. The summed E-state index contributed by atoms with van der Waals surface area (Å²) >= 11 is 1.59. The molecule has 2 saturated heterocycles. The molecule has 0 atom stereocenters. The van der Waals surface area contributed by atoms with E-state index in [1.807, 2.05) is 12.3 Å². The van der Waals surface area contributed by atoms with Gasteiger partial charge in [-0.2, -0.15) is 4.98 Å². The molecule has 0 amide bonds. The van der Waals surface area contributed by atoms with Gasteiger partial charge >= 0.3 is 0 Å². The molecule has 0 radical (unpaired) electrons. The van der Waals surface area contributed by atoms with Gasteiger partial charge in [0.15, 0.2) is 0 Å². The van der Waals surface area contributed by atoms with Crippen molar-refractivity contribution in [2.24, 2.45) is 0 Å². The lowest BCUT2D eigenvalue weighted by Crippen LogP contribution is -2.47. The lowest BCUT2D eigenvalue weighted by atomic mass is 10.3. The van der Waals surface area contributed by atoms with Gasteiger partial charge in [0, 0.05) is 45.5 Å². The van der Waals surface area contributed by atoms with Crippen LogP contribution in [0.5, 0.6) is 0 Å². The SMILES string of the molecule is c1cc(N2CCCC2)nc(N2CCN(c3nncs3)CC2)n1. The fourth-order valence-electron chi connectivity index (χ4n) is 3.02. The minimum Gasteiger partial charge on any atom is -0.356 e. The Kier molecular flexibility index (Phi) is 3.75. The van der Waals surface area contributed by atoms with E-state index in [9.17, 15) is 0 Å². The highest BCUT2D eigenvalue weighted by Crippen LogP contribution is 2.22. The summed E-state index contributed by atoms with van der Waals surface area (Å²) in [5, 5.41) is 9.06. The normalized spacial score (nSPS) is 19.0. The van der Waals surface area contributed by atoms with Gasteiger partial charge in [0.05, 0.1) is 0 Å². The molecular weight excluding hydrogens is 298 g/mol. The van der Waals surface area contributed by atoms with Gasteiger partial charge in [-0.05, 0) is 18.9 Å². The maximum atomic E-state index is 4.76. The third kappa shape index (κ3) is 2.70. The highest BCUT2D eigenvalue weighted by atomic mass is 32.1. The number of aromatic nitrogens is 4. The summed E-state index contributed by atoms with van der Waals surface area (Å²) < 4.78 is 0. The van der Waals surface area contributed by atoms with Crippen LogP contribution in [-0.4, -0.2) is 59.4 Å². The van der Waals surface area contributed by atoms with Crippen LogP contribution in [0, 0.1) is 0 Å². The van der Waals surface area contributed by atoms with E-state index in [0.717, 1.165) is 56.2 Å². The van der Waals surface area contributed by atoms with E-state index in [2.05, 4.69) is 29.9 Å². The van der Waals surface area contributed by atoms with Crippen LogP contribution >= 0.6 is 11.3 Å². The van der Waals surface area contributed by atoms with Crippen molar-refractivity contribution in [3.63, 3.8) is 0 Å². The van der Waals surface area contributed by atoms with Crippen LogP contribution in [0.2, 0.25) is 0 Å². The molecule has 0 N–H and O–H groups in total. The van der Waals surface area contributed by atoms with E-state index >= 15 is 0 Å². The summed E-state index contributed by atoms with van der Waals surface area (Å²) in [5.74, 6) is 1.91. The minimum atomic E-state index is 0.848. The summed E-state index contributed by atoms with van der Waals surface area (Å²) in [7, 11) is 0. The quantitative estimate of drug-likeness (QED) is 0.844. The summed E-state index contributed by atoms with van der Waals surface area (Å²) in [6, 6.07) is 2.02. The lowest BCUT2D eigenvalue weighted by Gasteiger charge is -2.34. The first-order valence-corrected chi connectivity index (χ1v) is 8.62. The Morgan fingerprint density at radius 1 is 0.909 bits per heavy atom. The first-order chi connectivity index (χ1) is 10.9. The van der Waals surface area contributed by atoms with Gasteiger partial charge in [-0.25, -0.2) is 4.98 Å². The van der Waals surface area contributed by atoms with E-state index in [4.69, 9.17) is 4.98 Å². The van der Waals surface area contributed by atoms with Crippen molar-refractivity contribution in [2.75, 3.05) is 54.0 Å². The molecule has 116 valence electrons. The fourth-order valence-corrected chi connectivity index (χ4v) is 3.63. The third-order valence-electron chi connectivity index (χ3n) is 4.24. The van der Waals surface area contributed by atoms with Gasteiger partial charge in [0.2, 0.25) is 11.1 Å². The van der Waals surface area contributed by atoms with Gasteiger partial charge in [-0.1, -0.05) is 11.3 Å². The number of hydrogen-bond donors (Lipinski definition) is 0. The fraction of sp³-hybridized carbons (Fsp3) is 0.571. The smallest absolute Gasteiger partial charge is 0.227 e. The average Bonchev–Trinajstić information content (AvgIpc) is 3.29. The molecule has 4 rings (SSSR count). The molecule has 0 aliphatic carbocycles. The van der Waals surface area contributed by atoms with Gasteiger partial charge in [-0.15, -0.1) is 10.2 Å². The van der Waals surface area contributed by atoms with E-state index < -0.39 is 0 Å². The van der Waals surface area contributed by atoms with E-state index in [1.54, 1.807) is 16.8 Å². The zero-order valence-corrected chi connectivity index (χ0v) is 13.2. The minimum absolute atomic E-state index is 0.848. The second-order valence-corrected chi connectivity index (χ2v) is 6.42. The molecule has 0 unspecified atom stereocenters. The maximum absolute atomic E-state index is 4.76. The molecule has 8 heteroatoms. The summed E-state index contributed by atoms with van der Waals surface area (Å²) in [6.45, 7) is 5.94. The number of nitrogens with zero attached hydrogens (tertiary/aromatic N) is 7. The number of hydrogen-bond acceptors (Lipinski definition) is 8. The van der Waals surface area contributed by atoms with Crippen molar-refractivity contribution < 1.29 is 0 Å². The molecule has 22 heavy (non-hydrogen) atoms. The zero-order valence-electron chi connectivity index (χ0n) is 12.4. The molecule has 0 saturated carbocycles. The van der Waals surface area contributed by atoms with Crippen molar-refractivity contribution in [1.29, 1.82) is 0 Å². The van der Waals surface area contributed by atoms with Crippen molar-refractivity contribution in [1.82, 2.24) is 20.2 Å². The van der Waals surface area contributed by atoms with Crippen LogP contribution in [0.1, 0.15) is 12.8 Å². The Labute approximate surface area is 133 Å². The van der Waals surface area contributed by atoms with Crippen LogP contribution in [-0.2, 0) is 0 Å². The van der Waals surface area contributed by atoms with Crippen molar-refractivity contribution in [2.45, 2.75) is 12.8 Å². The van der Waals surface area contributed by atoms with E-state index in [0.29, 0.717) is 0 Å². The Morgan fingerprint density at radius 2 is 1.68 bits per heavy atom. The van der Waals surface area contributed by atoms with Crippen LogP contribution < -0.4 is 14.7 Å². The predicted octanol–water partition coefficient (Wildman–Crippen LogP) is 1.25. The van der Waals surface area contributed by atoms with Crippen molar-refractivity contribution >= 4 is 28.2 Å². The molecule has 2 aromatic heterocycles. The molecule has 2 aliphatic heterocycles. The molecule has 0 bridgehead atoms. The maximum Gasteiger partial charge on any atom is 0.227 e. The Balaban J connectivity index is 1.43. The Bertz CT molecular complexity index is 603. The largest absolute Gasteiger partial charge is 0.356 e. The third-order valence-corrected chi connectivity index (χ3v) is 4.99. The van der Waals surface area contributed by atoms with Gasteiger partial charge in [0.1, 0.15) is 11.3 Å². The second kappa shape index (κ2) is 6.04. The molecule has 2 fully saturated rings.